The van der Waals surface area contributed by atoms with Gasteiger partial charge in [0.1, 0.15) is 5.75 Å². The van der Waals surface area contributed by atoms with Gasteiger partial charge < -0.3 is 5.11 Å². The molecular formula is C16H19F17N2O4S. The van der Waals surface area contributed by atoms with Crippen LogP contribution in [-0.2, 0) is 10.1 Å². The zero-order valence-corrected chi connectivity index (χ0v) is 20.1. The molecule has 0 aromatic heterocycles. The van der Waals surface area contributed by atoms with E-state index in [4.69, 9.17) is 4.55 Å². The molecule has 0 saturated heterocycles. The Morgan fingerprint density at radius 1 is 0.775 bits per heavy atom. The fraction of sp³-hybridized carbons (Fsp3) is 1.00. The molecule has 2 atom stereocenters. The maximum absolute atomic E-state index is 13.9. The lowest BCUT2D eigenvalue weighted by atomic mass is 9.88. The van der Waals surface area contributed by atoms with Crippen molar-refractivity contribution in [2.75, 3.05) is 32.1 Å². The molecule has 0 bridgehead atoms. The average molecular weight is 658 g/mol. The van der Waals surface area contributed by atoms with Crippen LogP contribution in [0.4, 0.5) is 74.6 Å². The molecule has 3 N–H and O–H groups in total. The fourth-order valence-corrected chi connectivity index (χ4v) is 3.32. The van der Waals surface area contributed by atoms with Crippen LogP contribution in [0.25, 0.3) is 0 Å². The molecule has 0 aromatic carbocycles. The molecule has 0 fully saturated rings. The molecule has 40 heavy (non-hydrogen) atoms. The van der Waals surface area contributed by atoms with Crippen LogP contribution >= 0.6 is 0 Å². The van der Waals surface area contributed by atoms with Crippen molar-refractivity contribution in [3.05, 3.63) is 0 Å². The first-order chi connectivity index (χ1) is 17.4. The summed E-state index contributed by atoms with van der Waals surface area (Å²) in [5, 5.41) is 10.6. The van der Waals surface area contributed by atoms with Crippen molar-refractivity contribution >= 4 is 10.1 Å². The van der Waals surface area contributed by atoms with Gasteiger partial charge in [0, 0.05) is 13.2 Å². The average Bonchev–Trinajstić information content (AvgIpc) is 2.75. The van der Waals surface area contributed by atoms with Crippen molar-refractivity contribution in [1.29, 1.82) is 0 Å². The number of likely N-dealkylation sites (N-methyl/N-ethyl adjacent to an activating group) is 1. The molecule has 6 nitrogen and oxygen atoms in total. The summed E-state index contributed by atoms with van der Waals surface area (Å²) in [5.74, 6) is -55.8. The maximum atomic E-state index is 13.9. The zero-order chi connectivity index (χ0) is 32.6. The van der Waals surface area contributed by atoms with E-state index < -0.39 is 95.8 Å². The van der Waals surface area contributed by atoms with Crippen molar-refractivity contribution < 1.29 is 92.7 Å². The summed E-state index contributed by atoms with van der Waals surface area (Å²) in [4.78, 5) is 0.663. The van der Waals surface area contributed by atoms with Crippen LogP contribution in [0.3, 0.4) is 0 Å². The molecule has 0 rings (SSSR count). The number of nitrogens with zero attached hydrogens (tertiary/aromatic N) is 1. The van der Waals surface area contributed by atoms with Gasteiger partial charge in [-0.3, -0.25) is 14.8 Å². The standard InChI is InChI=1S/C16H19F17N2O4S/c1-2-35(3-7(36)4-40(37,38)39)6-34-5-10(20,21)13(26,27)15(30,31)16(32,33)14(28,29)12(24,25)8(17)11(22,23)9(18)19/h7-9,34,36H,2-6H2,1H3,(H,37,38,39). The van der Waals surface area contributed by atoms with Crippen molar-refractivity contribution in [2.24, 2.45) is 0 Å². The van der Waals surface area contributed by atoms with Crippen molar-refractivity contribution in [3.8, 4) is 0 Å². The second kappa shape index (κ2) is 12.1. The van der Waals surface area contributed by atoms with E-state index in [0.29, 0.717) is 4.90 Å². The van der Waals surface area contributed by atoms with Crippen LogP contribution in [0.2, 0.25) is 0 Å². The number of aliphatic hydroxyl groups is 1. The normalized spacial score (nSPS) is 17.1. The number of hydrogen-bond acceptors (Lipinski definition) is 5. The van der Waals surface area contributed by atoms with Gasteiger partial charge in [0.25, 0.3) is 10.1 Å². The smallest absolute Gasteiger partial charge is 0.384 e. The van der Waals surface area contributed by atoms with E-state index in [1.165, 1.54) is 5.32 Å². The monoisotopic (exact) mass is 658 g/mol. The minimum atomic E-state index is -8.49. The largest absolute Gasteiger partial charge is 0.391 e. The molecule has 24 heteroatoms. The lowest BCUT2D eigenvalue weighted by Gasteiger charge is -2.42. The van der Waals surface area contributed by atoms with Crippen molar-refractivity contribution in [3.63, 3.8) is 0 Å². The molecule has 0 radical (unpaired) electrons. The first kappa shape index (κ1) is 38.6. The van der Waals surface area contributed by atoms with Gasteiger partial charge in [-0.05, 0) is 6.54 Å². The topological polar surface area (TPSA) is 89.9 Å². The second-order valence-electron chi connectivity index (χ2n) is 8.12. The Hall–Kier alpha value is -1.40. The lowest BCUT2D eigenvalue weighted by Crippen LogP contribution is -2.73. The van der Waals surface area contributed by atoms with E-state index in [2.05, 4.69) is 0 Å². The first-order valence-corrected chi connectivity index (χ1v) is 11.6. The van der Waals surface area contributed by atoms with E-state index in [1.54, 1.807) is 0 Å². The summed E-state index contributed by atoms with van der Waals surface area (Å²) in [7, 11) is -4.80. The Bertz CT molecular complexity index is 948. The highest BCUT2D eigenvalue weighted by Crippen LogP contribution is 2.61. The van der Waals surface area contributed by atoms with Crippen LogP contribution in [0.15, 0.2) is 0 Å². The summed E-state index contributed by atoms with van der Waals surface area (Å²) >= 11 is 0. The second-order valence-corrected chi connectivity index (χ2v) is 9.62. The fourth-order valence-electron chi connectivity index (χ4n) is 2.73. The van der Waals surface area contributed by atoms with Gasteiger partial charge in [-0.25, -0.2) is 13.2 Å². The molecule has 0 aliphatic rings. The predicted octanol–water partition coefficient (Wildman–Crippen LogP) is 4.15. The number of halogens is 17. The molecule has 0 aliphatic carbocycles. The van der Waals surface area contributed by atoms with E-state index >= 15 is 0 Å². The predicted molar refractivity (Wildman–Crippen MR) is 98.1 cm³/mol. The van der Waals surface area contributed by atoms with Crippen LogP contribution < -0.4 is 5.32 Å². The number of nitrogens with one attached hydrogen (secondary N) is 1. The highest BCUT2D eigenvalue weighted by Gasteiger charge is 2.91. The minimum Gasteiger partial charge on any atom is -0.391 e. The zero-order valence-electron chi connectivity index (χ0n) is 19.3. The molecule has 0 spiro atoms. The van der Waals surface area contributed by atoms with Gasteiger partial charge in [-0.15, -0.1) is 0 Å². The first-order valence-electron chi connectivity index (χ1n) is 10.0. The molecular weight excluding hydrogens is 639 g/mol. The quantitative estimate of drug-likeness (QED) is 0.124. The molecule has 0 aliphatic heterocycles. The van der Waals surface area contributed by atoms with Gasteiger partial charge in [0.05, 0.1) is 12.6 Å². The Morgan fingerprint density at radius 3 is 1.57 bits per heavy atom. The van der Waals surface area contributed by atoms with Crippen LogP contribution in [0.1, 0.15) is 6.92 Å². The van der Waals surface area contributed by atoms with Crippen LogP contribution in [-0.4, -0.2) is 115 Å². The molecule has 0 saturated carbocycles. The third-order valence-electron chi connectivity index (χ3n) is 5.01. The molecule has 2 unspecified atom stereocenters. The number of alkyl halides is 17. The van der Waals surface area contributed by atoms with Gasteiger partial charge >= 0.3 is 47.9 Å². The summed E-state index contributed by atoms with van der Waals surface area (Å²) in [6.45, 7) is -4.13. The number of hydrogen-bond donors (Lipinski definition) is 3. The summed E-state index contributed by atoms with van der Waals surface area (Å²) in [6.07, 6.45) is -14.0. The lowest BCUT2D eigenvalue weighted by molar-refractivity contribution is -0.433. The third-order valence-corrected chi connectivity index (χ3v) is 5.82. The minimum absolute atomic E-state index is 0.374. The summed E-state index contributed by atoms with van der Waals surface area (Å²) < 4.78 is 257. The van der Waals surface area contributed by atoms with Crippen LogP contribution in [0, 0.1) is 0 Å². The summed E-state index contributed by atoms with van der Waals surface area (Å²) in [5.41, 5.74) is 0. The summed E-state index contributed by atoms with van der Waals surface area (Å²) in [6, 6.07) is 0. The van der Waals surface area contributed by atoms with Gasteiger partial charge in [-0.1, -0.05) is 6.92 Å². The van der Waals surface area contributed by atoms with Gasteiger partial charge in [-0.2, -0.15) is 69.9 Å². The SMILES string of the molecule is CCN(CNCC(F)(F)C(F)(F)C(F)(F)C(F)(F)C(F)(F)C(F)(F)C(F)C(F)(F)C(F)F)CC(O)CS(=O)(=O)O. The number of rotatable bonds is 17. The van der Waals surface area contributed by atoms with E-state index in [-0.39, 0.29) is 6.54 Å². The molecule has 0 aromatic rings. The van der Waals surface area contributed by atoms with Gasteiger partial charge in [0.15, 0.2) is 0 Å². The van der Waals surface area contributed by atoms with E-state index in [9.17, 15) is 88.2 Å². The highest BCUT2D eigenvalue weighted by atomic mass is 32.2. The van der Waals surface area contributed by atoms with E-state index in [1.807, 2.05) is 0 Å². The maximum Gasteiger partial charge on any atom is 0.384 e. The molecule has 0 heterocycles. The number of aliphatic hydroxyl groups excluding tert-OH is 1. The Balaban J connectivity index is 6.05. The molecule has 242 valence electrons. The van der Waals surface area contributed by atoms with E-state index in [0.717, 1.165) is 6.92 Å². The Kier molecular flexibility index (Phi) is 11.6. The van der Waals surface area contributed by atoms with Crippen molar-refractivity contribution in [1.82, 2.24) is 10.2 Å². The van der Waals surface area contributed by atoms with Crippen LogP contribution in [0.5, 0.6) is 0 Å². The highest BCUT2D eigenvalue weighted by molar-refractivity contribution is 7.85. The van der Waals surface area contributed by atoms with Gasteiger partial charge in [0.2, 0.25) is 6.17 Å². The Morgan fingerprint density at radius 2 is 1.20 bits per heavy atom. The third kappa shape index (κ3) is 7.32. The van der Waals surface area contributed by atoms with Crippen molar-refractivity contribution in [2.45, 2.75) is 67.1 Å². The molecule has 0 amide bonds. The Labute approximate surface area is 213 Å².